The molecule has 1 atom stereocenters. The molecule has 24 heavy (non-hydrogen) atoms. The molecule has 0 N–H and O–H groups in total. The Balaban J connectivity index is 1.57. The van der Waals surface area contributed by atoms with Crippen LogP contribution in [0.15, 0.2) is 30.6 Å². The van der Waals surface area contributed by atoms with Crippen LogP contribution in [0.5, 0.6) is 0 Å². The molecule has 1 saturated heterocycles. The summed E-state index contributed by atoms with van der Waals surface area (Å²) >= 11 is 0. The molecule has 3 heterocycles. The maximum absolute atomic E-state index is 5.94. The first kappa shape index (κ1) is 15.0. The largest absolute Gasteiger partial charge is 0.373 e. The molecule has 3 aromatic rings. The van der Waals surface area contributed by atoms with Gasteiger partial charge in [0.25, 0.3) is 0 Å². The molecule has 124 valence electrons. The molecule has 0 bridgehead atoms. The fourth-order valence-electron chi connectivity index (χ4n) is 3.19. The van der Waals surface area contributed by atoms with Gasteiger partial charge in [-0.15, -0.1) is 0 Å². The molecule has 0 spiro atoms. The van der Waals surface area contributed by atoms with E-state index in [2.05, 4.69) is 31.0 Å². The zero-order valence-electron chi connectivity index (χ0n) is 13.9. The number of fused-ring (bicyclic) bond motifs is 1. The second-order valence-corrected chi connectivity index (χ2v) is 6.04. The maximum atomic E-state index is 5.94. The summed E-state index contributed by atoms with van der Waals surface area (Å²) in [5.41, 5.74) is 0.966. The molecule has 0 amide bonds. The van der Waals surface area contributed by atoms with Crippen LogP contribution in [0, 0.1) is 13.8 Å². The molecule has 1 fully saturated rings. The van der Waals surface area contributed by atoms with E-state index in [9.17, 15) is 0 Å². The first-order valence-corrected chi connectivity index (χ1v) is 8.15. The van der Waals surface area contributed by atoms with Crippen LogP contribution in [0.3, 0.4) is 0 Å². The molecular formula is C17H20N6O. The average molecular weight is 324 g/mol. The van der Waals surface area contributed by atoms with Gasteiger partial charge >= 0.3 is 0 Å². The molecule has 2 aromatic heterocycles. The van der Waals surface area contributed by atoms with Gasteiger partial charge in [0.1, 0.15) is 23.8 Å². The fraction of sp³-hybridized carbons (Fsp3) is 0.412. The summed E-state index contributed by atoms with van der Waals surface area (Å²) in [6.07, 6.45) is 1.69. The number of aromatic nitrogens is 5. The van der Waals surface area contributed by atoms with Crippen molar-refractivity contribution in [3.63, 3.8) is 0 Å². The lowest BCUT2D eigenvalue weighted by Crippen LogP contribution is -2.45. The molecule has 7 nitrogen and oxygen atoms in total. The van der Waals surface area contributed by atoms with Crippen LogP contribution in [0.4, 0.5) is 5.82 Å². The Bertz CT molecular complexity index is 856. The van der Waals surface area contributed by atoms with E-state index >= 15 is 0 Å². The Kier molecular flexibility index (Phi) is 3.86. The number of aryl methyl sites for hydroxylation is 2. The molecule has 0 saturated carbocycles. The predicted octanol–water partition coefficient (Wildman–Crippen LogP) is 1.74. The number of nitrogens with zero attached hydrogens (tertiary/aromatic N) is 6. The standard InChI is InChI=1S/C17H20N6O/c1-12-20-13(2)23(21-12)10-14-9-22(7-8-24-14)17-15-5-3-4-6-16(15)18-11-19-17/h3-6,11,14H,7-10H2,1-2H3/t14-/m0/s1. The van der Waals surface area contributed by atoms with Crippen LogP contribution in [0.2, 0.25) is 0 Å². The highest BCUT2D eigenvalue weighted by atomic mass is 16.5. The van der Waals surface area contributed by atoms with Gasteiger partial charge < -0.3 is 9.64 Å². The molecular weight excluding hydrogens is 304 g/mol. The maximum Gasteiger partial charge on any atom is 0.147 e. The van der Waals surface area contributed by atoms with E-state index < -0.39 is 0 Å². The summed E-state index contributed by atoms with van der Waals surface area (Å²) in [6, 6.07) is 8.10. The van der Waals surface area contributed by atoms with E-state index in [0.717, 1.165) is 41.5 Å². The van der Waals surface area contributed by atoms with Crippen molar-refractivity contribution in [2.24, 2.45) is 0 Å². The minimum atomic E-state index is 0.0623. The lowest BCUT2D eigenvalue weighted by Gasteiger charge is -2.34. The van der Waals surface area contributed by atoms with Crippen molar-refractivity contribution in [2.45, 2.75) is 26.5 Å². The summed E-state index contributed by atoms with van der Waals surface area (Å²) in [6.45, 7) is 6.86. The third kappa shape index (κ3) is 2.82. The minimum Gasteiger partial charge on any atom is -0.373 e. The van der Waals surface area contributed by atoms with Crippen LogP contribution in [-0.4, -0.2) is 50.5 Å². The van der Waals surface area contributed by atoms with Crippen molar-refractivity contribution < 1.29 is 4.74 Å². The van der Waals surface area contributed by atoms with Crippen LogP contribution < -0.4 is 4.90 Å². The number of hydrogen-bond donors (Lipinski definition) is 0. The molecule has 7 heteroatoms. The number of morpholine rings is 1. The number of ether oxygens (including phenoxy) is 1. The summed E-state index contributed by atoms with van der Waals surface area (Å²) < 4.78 is 7.85. The van der Waals surface area contributed by atoms with Gasteiger partial charge in [-0.1, -0.05) is 12.1 Å². The highest BCUT2D eigenvalue weighted by Crippen LogP contribution is 2.24. The zero-order valence-corrected chi connectivity index (χ0v) is 13.9. The van der Waals surface area contributed by atoms with Crippen LogP contribution in [-0.2, 0) is 11.3 Å². The Morgan fingerprint density at radius 3 is 2.92 bits per heavy atom. The molecule has 1 aliphatic heterocycles. The third-order valence-electron chi connectivity index (χ3n) is 4.30. The van der Waals surface area contributed by atoms with Gasteiger partial charge in [-0.2, -0.15) is 5.10 Å². The Labute approximate surface area is 140 Å². The van der Waals surface area contributed by atoms with Crippen LogP contribution in [0.1, 0.15) is 11.6 Å². The third-order valence-corrected chi connectivity index (χ3v) is 4.30. The Hall–Kier alpha value is -2.54. The van der Waals surface area contributed by atoms with Gasteiger partial charge in [0.2, 0.25) is 0 Å². The fourth-order valence-corrected chi connectivity index (χ4v) is 3.19. The second kappa shape index (κ2) is 6.16. The van der Waals surface area contributed by atoms with Gasteiger partial charge in [-0.25, -0.2) is 19.6 Å². The summed E-state index contributed by atoms with van der Waals surface area (Å²) in [4.78, 5) is 15.5. The molecule has 4 rings (SSSR count). The van der Waals surface area contributed by atoms with Crippen molar-refractivity contribution in [1.82, 2.24) is 24.7 Å². The number of anilines is 1. The molecule has 0 unspecified atom stereocenters. The highest BCUT2D eigenvalue weighted by molar-refractivity contribution is 5.89. The topological polar surface area (TPSA) is 69.0 Å². The number of para-hydroxylation sites is 1. The van der Waals surface area contributed by atoms with E-state index in [-0.39, 0.29) is 6.10 Å². The van der Waals surface area contributed by atoms with Gasteiger partial charge in [-0.05, 0) is 26.0 Å². The van der Waals surface area contributed by atoms with Gasteiger partial charge in [-0.3, -0.25) is 0 Å². The molecule has 0 radical (unpaired) electrons. The number of hydrogen-bond acceptors (Lipinski definition) is 6. The number of benzene rings is 1. The first-order valence-electron chi connectivity index (χ1n) is 8.15. The zero-order chi connectivity index (χ0) is 16.5. The Morgan fingerprint density at radius 2 is 2.08 bits per heavy atom. The lowest BCUT2D eigenvalue weighted by molar-refractivity contribution is 0.0268. The average Bonchev–Trinajstić information content (AvgIpc) is 2.92. The van der Waals surface area contributed by atoms with Crippen molar-refractivity contribution in [3.05, 3.63) is 42.2 Å². The van der Waals surface area contributed by atoms with E-state index in [0.29, 0.717) is 13.2 Å². The molecule has 0 aliphatic carbocycles. The summed E-state index contributed by atoms with van der Waals surface area (Å²) in [5, 5.41) is 5.51. The second-order valence-electron chi connectivity index (χ2n) is 6.04. The van der Waals surface area contributed by atoms with Crippen molar-refractivity contribution in [1.29, 1.82) is 0 Å². The lowest BCUT2D eigenvalue weighted by atomic mass is 10.2. The monoisotopic (exact) mass is 324 g/mol. The number of rotatable bonds is 3. The van der Waals surface area contributed by atoms with Crippen molar-refractivity contribution in [2.75, 3.05) is 24.6 Å². The van der Waals surface area contributed by atoms with E-state index in [1.165, 1.54) is 0 Å². The quantitative estimate of drug-likeness (QED) is 0.731. The van der Waals surface area contributed by atoms with E-state index in [4.69, 9.17) is 4.74 Å². The molecule has 1 aromatic carbocycles. The smallest absolute Gasteiger partial charge is 0.147 e. The van der Waals surface area contributed by atoms with Gasteiger partial charge in [0.05, 0.1) is 24.8 Å². The molecule has 1 aliphatic rings. The van der Waals surface area contributed by atoms with E-state index in [1.54, 1.807) is 6.33 Å². The van der Waals surface area contributed by atoms with Crippen molar-refractivity contribution in [3.8, 4) is 0 Å². The SMILES string of the molecule is Cc1nc(C)n(C[C@@H]2CN(c3ncnc4ccccc34)CCO2)n1. The normalized spacial score (nSPS) is 18.2. The summed E-state index contributed by atoms with van der Waals surface area (Å²) in [5.74, 6) is 2.68. The first-order chi connectivity index (χ1) is 11.7. The summed E-state index contributed by atoms with van der Waals surface area (Å²) in [7, 11) is 0. The van der Waals surface area contributed by atoms with Crippen molar-refractivity contribution >= 4 is 16.7 Å². The Morgan fingerprint density at radius 1 is 1.21 bits per heavy atom. The van der Waals surface area contributed by atoms with E-state index in [1.807, 2.05) is 36.7 Å². The predicted molar refractivity (Wildman–Crippen MR) is 91.0 cm³/mol. The van der Waals surface area contributed by atoms with Crippen LogP contribution in [0.25, 0.3) is 10.9 Å². The van der Waals surface area contributed by atoms with Gasteiger partial charge in [0, 0.05) is 18.5 Å². The van der Waals surface area contributed by atoms with Crippen LogP contribution >= 0.6 is 0 Å². The van der Waals surface area contributed by atoms with Gasteiger partial charge in [0.15, 0.2) is 0 Å². The minimum absolute atomic E-state index is 0.0623. The highest BCUT2D eigenvalue weighted by Gasteiger charge is 2.24.